The Morgan fingerprint density at radius 3 is 2.27 bits per heavy atom. The highest BCUT2D eigenvalue weighted by Crippen LogP contribution is 2.32. The monoisotopic (exact) mass is 361 g/mol. The van der Waals surface area contributed by atoms with E-state index in [0.717, 1.165) is 28.0 Å². The molecule has 4 rings (SSSR count). The molecule has 0 spiro atoms. The number of anilines is 4. The van der Waals surface area contributed by atoms with Gasteiger partial charge in [0.15, 0.2) is 11.6 Å². The first-order valence-electron chi connectivity index (χ1n) is 8.14. The topological polar surface area (TPSA) is 53.9 Å². The second-order valence-electron chi connectivity index (χ2n) is 5.81. The predicted octanol–water partition coefficient (Wildman–Crippen LogP) is 5.19. The number of aromatic nitrogens is 3. The summed E-state index contributed by atoms with van der Waals surface area (Å²) in [6.45, 7) is 0. The molecule has 5 nitrogen and oxygen atoms in total. The maximum absolute atomic E-state index is 5.96. The zero-order valence-corrected chi connectivity index (χ0v) is 14.9. The number of nitrogens with one attached hydrogen (secondary N) is 1. The Labute approximate surface area is 156 Å². The molecular weight excluding hydrogens is 346 g/mol. The van der Waals surface area contributed by atoms with Gasteiger partial charge in [0.25, 0.3) is 0 Å². The molecule has 0 aliphatic heterocycles. The quantitative estimate of drug-likeness (QED) is 0.542. The van der Waals surface area contributed by atoms with Crippen molar-refractivity contribution in [1.82, 2.24) is 15.2 Å². The number of nitrogens with zero attached hydrogens (tertiary/aromatic N) is 4. The molecular formula is C20H16ClN5. The molecule has 0 unspecified atom stereocenters. The minimum atomic E-state index is 0.695. The van der Waals surface area contributed by atoms with Crippen LogP contribution in [-0.4, -0.2) is 22.2 Å². The summed E-state index contributed by atoms with van der Waals surface area (Å²) in [5, 5.41) is 14.9. The molecule has 0 aliphatic rings. The van der Waals surface area contributed by atoms with Gasteiger partial charge in [0.2, 0.25) is 0 Å². The van der Waals surface area contributed by atoms with Crippen LogP contribution in [0.5, 0.6) is 0 Å². The SMILES string of the molecule is CN(c1ccncc1)c1nnc(Nc2ccc(Cl)cc2)c2ccccc12. The number of halogens is 1. The van der Waals surface area contributed by atoms with E-state index in [1.165, 1.54) is 0 Å². The molecule has 6 heteroatoms. The van der Waals surface area contributed by atoms with Gasteiger partial charge in [-0.25, -0.2) is 0 Å². The summed E-state index contributed by atoms with van der Waals surface area (Å²) in [5.41, 5.74) is 1.90. The lowest BCUT2D eigenvalue weighted by Crippen LogP contribution is -2.13. The smallest absolute Gasteiger partial charge is 0.163 e. The summed E-state index contributed by atoms with van der Waals surface area (Å²) in [6, 6.07) is 19.5. The van der Waals surface area contributed by atoms with Crippen molar-refractivity contribution in [3.8, 4) is 0 Å². The third-order valence-electron chi connectivity index (χ3n) is 4.14. The highest BCUT2D eigenvalue weighted by Gasteiger charge is 2.13. The molecule has 0 bridgehead atoms. The number of benzene rings is 2. The van der Waals surface area contributed by atoms with E-state index in [1.54, 1.807) is 12.4 Å². The van der Waals surface area contributed by atoms with Crippen molar-refractivity contribution in [2.45, 2.75) is 0 Å². The summed E-state index contributed by atoms with van der Waals surface area (Å²) in [6.07, 6.45) is 3.52. The van der Waals surface area contributed by atoms with Crippen LogP contribution in [0.15, 0.2) is 73.1 Å². The lowest BCUT2D eigenvalue weighted by atomic mass is 10.1. The van der Waals surface area contributed by atoms with Crippen LogP contribution in [0.4, 0.5) is 23.0 Å². The first-order valence-corrected chi connectivity index (χ1v) is 8.52. The van der Waals surface area contributed by atoms with Gasteiger partial charge in [-0.3, -0.25) is 4.98 Å². The van der Waals surface area contributed by atoms with Crippen molar-refractivity contribution in [3.05, 3.63) is 78.1 Å². The fraction of sp³-hybridized carbons (Fsp3) is 0.0500. The average molecular weight is 362 g/mol. The zero-order valence-electron chi connectivity index (χ0n) is 14.1. The first-order chi connectivity index (χ1) is 12.7. The third-order valence-corrected chi connectivity index (χ3v) is 4.39. The van der Waals surface area contributed by atoms with Crippen LogP contribution < -0.4 is 10.2 Å². The van der Waals surface area contributed by atoms with E-state index in [4.69, 9.17) is 11.6 Å². The number of pyridine rings is 1. The normalized spacial score (nSPS) is 10.7. The van der Waals surface area contributed by atoms with Gasteiger partial charge in [-0.2, -0.15) is 0 Å². The molecule has 128 valence electrons. The Hall–Kier alpha value is -3.18. The highest BCUT2D eigenvalue weighted by molar-refractivity contribution is 6.30. The third kappa shape index (κ3) is 3.17. The van der Waals surface area contributed by atoms with Crippen molar-refractivity contribution in [2.75, 3.05) is 17.3 Å². The van der Waals surface area contributed by atoms with E-state index < -0.39 is 0 Å². The van der Waals surface area contributed by atoms with Crippen LogP contribution in [0, 0.1) is 0 Å². The van der Waals surface area contributed by atoms with Gasteiger partial charge in [-0.1, -0.05) is 35.9 Å². The Morgan fingerprint density at radius 1 is 0.846 bits per heavy atom. The predicted molar refractivity (Wildman–Crippen MR) is 107 cm³/mol. The number of hydrogen-bond donors (Lipinski definition) is 1. The summed E-state index contributed by atoms with van der Waals surface area (Å²) in [7, 11) is 1.97. The second-order valence-corrected chi connectivity index (χ2v) is 6.25. The molecule has 2 aromatic heterocycles. The van der Waals surface area contributed by atoms with Crippen LogP contribution in [0.1, 0.15) is 0 Å². The summed E-state index contributed by atoms with van der Waals surface area (Å²) in [5.74, 6) is 1.49. The molecule has 0 fully saturated rings. The number of fused-ring (bicyclic) bond motifs is 1. The second kappa shape index (κ2) is 6.98. The summed E-state index contributed by atoms with van der Waals surface area (Å²) < 4.78 is 0. The average Bonchev–Trinajstić information content (AvgIpc) is 2.70. The highest BCUT2D eigenvalue weighted by atomic mass is 35.5. The van der Waals surface area contributed by atoms with Gasteiger partial charge in [-0.05, 0) is 36.4 Å². The van der Waals surface area contributed by atoms with E-state index in [1.807, 2.05) is 72.6 Å². The first kappa shape index (κ1) is 16.3. The largest absolute Gasteiger partial charge is 0.338 e. The van der Waals surface area contributed by atoms with Crippen molar-refractivity contribution in [1.29, 1.82) is 0 Å². The van der Waals surface area contributed by atoms with Crippen molar-refractivity contribution in [3.63, 3.8) is 0 Å². The molecule has 4 aromatic rings. The van der Waals surface area contributed by atoms with Gasteiger partial charge in [0.05, 0.1) is 0 Å². The van der Waals surface area contributed by atoms with E-state index in [0.29, 0.717) is 10.8 Å². The molecule has 0 atom stereocenters. The number of hydrogen-bond acceptors (Lipinski definition) is 5. The van der Waals surface area contributed by atoms with Gasteiger partial charge < -0.3 is 10.2 Å². The van der Waals surface area contributed by atoms with Gasteiger partial charge in [-0.15, -0.1) is 10.2 Å². The van der Waals surface area contributed by atoms with Crippen molar-refractivity contribution in [2.24, 2.45) is 0 Å². The minimum Gasteiger partial charge on any atom is -0.338 e. The lowest BCUT2D eigenvalue weighted by Gasteiger charge is -2.20. The fourth-order valence-electron chi connectivity index (χ4n) is 2.79. The van der Waals surface area contributed by atoms with Gasteiger partial charge in [0.1, 0.15) is 0 Å². The zero-order chi connectivity index (χ0) is 17.9. The van der Waals surface area contributed by atoms with Crippen LogP contribution in [0.3, 0.4) is 0 Å². The Bertz CT molecular complexity index is 1030. The van der Waals surface area contributed by atoms with Gasteiger partial charge >= 0.3 is 0 Å². The maximum Gasteiger partial charge on any atom is 0.163 e. The van der Waals surface area contributed by atoms with Crippen LogP contribution in [0.25, 0.3) is 10.8 Å². The molecule has 0 radical (unpaired) electrons. The fourth-order valence-corrected chi connectivity index (χ4v) is 2.92. The van der Waals surface area contributed by atoms with E-state index in [-0.39, 0.29) is 0 Å². The van der Waals surface area contributed by atoms with Crippen LogP contribution >= 0.6 is 11.6 Å². The Morgan fingerprint density at radius 2 is 1.54 bits per heavy atom. The summed E-state index contributed by atoms with van der Waals surface area (Å²) >= 11 is 5.96. The van der Waals surface area contributed by atoms with Crippen LogP contribution in [0.2, 0.25) is 5.02 Å². The Balaban J connectivity index is 1.77. The van der Waals surface area contributed by atoms with E-state index in [2.05, 4.69) is 20.5 Å². The molecule has 2 heterocycles. The Kier molecular flexibility index (Phi) is 4.37. The number of rotatable bonds is 4. The molecule has 26 heavy (non-hydrogen) atoms. The molecule has 0 aliphatic carbocycles. The molecule has 0 amide bonds. The van der Waals surface area contributed by atoms with E-state index in [9.17, 15) is 0 Å². The van der Waals surface area contributed by atoms with Crippen molar-refractivity contribution >= 4 is 45.4 Å². The minimum absolute atomic E-state index is 0.695. The lowest BCUT2D eigenvalue weighted by molar-refractivity contribution is 1.01. The van der Waals surface area contributed by atoms with Crippen LogP contribution in [-0.2, 0) is 0 Å². The van der Waals surface area contributed by atoms with E-state index >= 15 is 0 Å². The molecule has 0 saturated carbocycles. The molecule has 1 N–H and O–H groups in total. The van der Waals surface area contributed by atoms with Crippen molar-refractivity contribution < 1.29 is 0 Å². The van der Waals surface area contributed by atoms with Gasteiger partial charge in [0, 0.05) is 46.6 Å². The molecule has 0 saturated heterocycles. The summed E-state index contributed by atoms with van der Waals surface area (Å²) in [4.78, 5) is 6.07. The molecule has 2 aromatic carbocycles. The maximum atomic E-state index is 5.96. The standard InChI is InChI=1S/C20H16ClN5/c1-26(16-10-12-22-13-11-16)20-18-5-3-2-4-17(18)19(24-25-20)23-15-8-6-14(21)7-9-15/h2-13H,1H3,(H,23,24).